The van der Waals surface area contributed by atoms with Gasteiger partial charge >= 0.3 is 0 Å². The first-order valence-electron chi connectivity index (χ1n) is 6.67. The van der Waals surface area contributed by atoms with Gasteiger partial charge in [-0.25, -0.2) is 0 Å². The van der Waals surface area contributed by atoms with Crippen molar-refractivity contribution in [1.82, 2.24) is 5.32 Å². The van der Waals surface area contributed by atoms with Gasteiger partial charge in [0.2, 0.25) is 0 Å². The molecule has 0 radical (unpaired) electrons. The first-order chi connectivity index (χ1) is 9.06. The Bertz CT molecular complexity index is 458. The summed E-state index contributed by atoms with van der Waals surface area (Å²) < 4.78 is 5.67. The topological polar surface area (TPSA) is 64.4 Å². The third kappa shape index (κ3) is 4.21. The zero-order valence-corrected chi connectivity index (χ0v) is 11.4. The second-order valence-electron chi connectivity index (χ2n) is 5.30. The van der Waals surface area contributed by atoms with E-state index in [0.717, 1.165) is 6.54 Å². The molecule has 1 saturated carbocycles. The van der Waals surface area contributed by atoms with Gasteiger partial charge in [0, 0.05) is 30.1 Å². The van der Waals surface area contributed by atoms with Crippen LogP contribution < -0.4 is 10.1 Å². The van der Waals surface area contributed by atoms with Gasteiger partial charge < -0.3 is 10.1 Å². The fourth-order valence-electron chi connectivity index (χ4n) is 1.88. The van der Waals surface area contributed by atoms with Crippen molar-refractivity contribution in [2.24, 2.45) is 5.92 Å². The molecule has 0 saturated heterocycles. The van der Waals surface area contributed by atoms with Crippen LogP contribution in [0.5, 0.6) is 5.75 Å². The van der Waals surface area contributed by atoms with Gasteiger partial charge in [-0.05, 0) is 31.9 Å². The van der Waals surface area contributed by atoms with Crippen molar-refractivity contribution in [3.63, 3.8) is 0 Å². The molecule has 1 N–H and O–H groups in total. The van der Waals surface area contributed by atoms with E-state index >= 15 is 0 Å². The molecular formula is C14H20N2O3. The van der Waals surface area contributed by atoms with E-state index in [0.29, 0.717) is 29.9 Å². The molecule has 1 fully saturated rings. The summed E-state index contributed by atoms with van der Waals surface area (Å²) in [6.07, 6.45) is 2.57. The van der Waals surface area contributed by atoms with Gasteiger partial charge in [-0.1, -0.05) is 6.92 Å². The summed E-state index contributed by atoms with van der Waals surface area (Å²) in [6.45, 7) is 5.43. The van der Waals surface area contributed by atoms with Crippen molar-refractivity contribution in [2.75, 3.05) is 13.2 Å². The minimum atomic E-state index is -0.374. The summed E-state index contributed by atoms with van der Waals surface area (Å²) >= 11 is 0. The molecular weight excluding hydrogens is 244 g/mol. The van der Waals surface area contributed by atoms with Gasteiger partial charge in [0.15, 0.2) is 0 Å². The number of nitrogens with zero attached hydrogens (tertiary/aromatic N) is 1. The standard InChI is InChI=1S/C14H20N2O3/c1-10(8-15-12-3-4-12)9-19-13-5-6-14(16(17)18)11(2)7-13/h5-7,10,12,15H,3-4,8-9H2,1-2H3. The van der Waals surface area contributed by atoms with Gasteiger partial charge in [-0.15, -0.1) is 0 Å². The van der Waals surface area contributed by atoms with Crippen molar-refractivity contribution in [1.29, 1.82) is 0 Å². The number of benzene rings is 1. The van der Waals surface area contributed by atoms with Crippen LogP contribution in [-0.2, 0) is 0 Å². The summed E-state index contributed by atoms with van der Waals surface area (Å²) in [5, 5.41) is 14.2. The Kier molecular flexibility index (Phi) is 4.37. The highest BCUT2D eigenvalue weighted by Crippen LogP contribution is 2.23. The van der Waals surface area contributed by atoms with E-state index < -0.39 is 0 Å². The first-order valence-corrected chi connectivity index (χ1v) is 6.67. The molecule has 0 aromatic heterocycles. The van der Waals surface area contributed by atoms with Crippen molar-refractivity contribution in [2.45, 2.75) is 32.7 Å². The quantitative estimate of drug-likeness (QED) is 0.607. The highest BCUT2D eigenvalue weighted by molar-refractivity contribution is 5.44. The van der Waals surface area contributed by atoms with Crippen LogP contribution in [0.2, 0.25) is 0 Å². The van der Waals surface area contributed by atoms with E-state index in [1.54, 1.807) is 19.1 Å². The molecule has 0 spiro atoms. The Labute approximate surface area is 113 Å². The van der Waals surface area contributed by atoms with Gasteiger partial charge in [0.25, 0.3) is 5.69 Å². The maximum atomic E-state index is 10.7. The number of nitro benzene ring substituents is 1. The molecule has 1 atom stereocenters. The van der Waals surface area contributed by atoms with E-state index in [-0.39, 0.29) is 10.6 Å². The molecule has 104 valence electrons. The Morgan fingerprint density at radius 3 is 2.84 bits per heavy atom. The number of nitrogens with one attached hydrogen (secondary N) is 1. The highest BCUT2D eigenvalue weighted by Gasteiger charge is 2.21. The summed E-state index contributed by atoms with van der Waals surface area (Å²) in [5.74, 6) is 1.12. The first kappa shape index (κ1) is 13.8. The van der Waals surface area contributed by atoms with E-state index in [1.165, 1.54) is 18.9 Å². The average Bonchev–Trinajstić information content (AvgIpc) is 3.17. The molecule has 1 aliphatic carbocycles. The van der Waals surface area contributed by atoms with E-state index in [4.69, 9.17) is 4.74 Å². The Morgan fingerprint density at radius 1 is 1.53 bits per heavy atom. The molecule has 0 aliphatic heterocycles. The van der Waals surface area contributed by atoms with Crippen molar-refractivity contribution >= 4 is 5.69 Å². The van der Waals surface area contributed by atoms with Crippen LogP contribution in [0.4, 0.5) is 5.69 Å². The van der Waals surface area contributed by atoms with Crippen LogP contribution >= 0.6 is 0 Å². The van der Waals surface area contributed by atoms with Crippen LogP contribution in [0.25, 0.3) is 0 Å². The van der Waals surface area contributed by atoms with Crippen LogP contribution in [0.3, 0.4) is 0 Å². The third-order valence-corrected chi connectivity index (χ3v) is 3.23. The number of nitro groups is 1. The van der Waals surface area contributed by atoms with Crippen LogP contribution in [0.1, 0.15) is 25.3 Å². The van der Waals surface area contributed by atoms with E-state index in [9.17, 15) is 10.1 Å². The van der Waals surface area contributed by atoms with Crippen molar-refractivity contribution < 1.29 is 9.66 Å². The van der Waals surface area contributed by atoms with Crippen molar-refractivity contribution in [3.8, 4) is 5.75 Å². The zero-order chi connectivity index (χ0) is 13.8. The predicted octanol–water partition coefficient (Wildman–Crippen LogP) is 2.67. The van der Waals surface area contributed by atoms with Crippen LogP contribution in [-0.4, -0.2) is 24.1 Å². The molecule has 5 nitrogen and oxygen atoms in total. The van der Waals surface area contributed by atoms with Gasteiger partial charge in [-0.2, -0.15) is 0 Å². The maximum Gasteiger partial charge on any atom is 0.272 e. The molecule has 19 heavy (non-hydrogen) atoms. The SMILES string of the molecule is Cc1cc(OCC(C)CNC2CC2)ccc1[N+](=O)[O-]. The number of hydrogen-bond donors (Lipinski definition) is 1. The minimum absolute atomic E-state index is 0.135. The highest BCUT2D eigenvalue weighted by atomic mass is 16.6. The maximum absolute atomic E-state index is 10.7. The Hall–Kier alpha value is -1.62. The second-order valence-corrected chi connectivity index (χ2v) is 5.30. The fraction of sp³-hybridized carbons (Fsp3) is 0.571. The molecule has 1 aliphatic rings. The lowest BCUT2D eigenvalue weighted by Crippen LogP contribution is -2.26. The van der Waals surface area contributed by atoms with Gasteiger partial charge in [0.1, 0.15) is 5.75 Å². The summed E-state index contributed by atoms with van der Waals surface area (Å²) in [7, 11) is 0. The monoisotopic (exact) mass is 264 g/mol. The number of rotatable bonds is 7. The molecule has 0 amide bonds. The molecule has 5 heteroatoms. The molecule has 0 heterocycles. The smallest absolute Gasteiger partial charge is 0.272 e. The molecule has 1 unspecified atom stereocenters. The molecule has 0 bridgehead atoms. The Balaban J connectivity index is 1.81. The largest absolute Gasteiger partial charge is 0.493 e. The third-order valence-electron chi connectivity index (χ3n) is 3.23. The second kappa shape index (κ2) is 6.02. The molecule has 1 aromatic rings. The fourth-order valence-corrected chi connectivity index (χ4v) is 1.88. The number of ether oxygens (including phenoxy) is 1. The van der Waals surface area contributed by atoms with Crippen LogP contribution in [0, 0.1) is 23.0 Å². The average molecular weight is 264 g/mol. The minimum Gasteiger partial charge on any atom is -0.493 e. The predicted molar refractivity (Wildman–Crippen MR) is 73.5 cm³/mol. The lowest BCUT2D eigenvalue weighted by atomic mass is 10.2. The normalized spacial score (nSPS) is 16.1. The van der Waals surface area contributed by atoms with Gasteiger partial charge in [-0.3, -0.25) is 10.1 Å². The summed E-state index contributed by atoms with van der Waals surface area (Å²) in [4.78, 5) is 10.3. The number of aryl methyl sites for hydroxylation is 1. The summed E-state index contributed by atoms with van der Waals surface area (Å²) in [5.41, 5.74) is 0.766. The van der Waals surface area contributed by atoms with Crippen molar-refractivity contribution in [3.05, 3.63) is 33.9 Å². The number of hydrogen-bond acceptors (Lipinski definition) is 4. The summed E-state index contributed by atoms with van der Waals surface area (Å²) in [6, 6.07) is 5.59. The lowest BCUT2D eigenvalue weighted by molar-refractivity contribution is -0.385. The van der Waals surface area contributed by atoms with E-state index in [2.05, 4.69) is 12.2 Å². The van der Waals surface area contributed by atoms with Gasteiger partial charge in [0.05, 0.1) is 11.5 Å². The molecule has 1 aromatic carbocycles. The van der Waals surface area contributed by atoms with Crippen LogP contribution in [0.15, 0.2) is 18.2 Å². The molecule has 2 rings (SSSR count). The lowest BCUT2D eigenvalue weighted by Gasteiger charge is -2.14. The van der Waals surface area contributed by atoms with E-state index in [1.807, 2.05) is 0 Å². The zero-order valence-electron chi connectivity index (χ0n) is 11.4. The Morgan fingerprint density at radius 2 is 2.26 bits per heavy atom.